The summed E-state index contributed by atoms with van der Waals surface area (Å²) in [5, 5.41) is 0. The molecule has 112 valence electrons. The van der Waals surface area contributed by atoms with Gasteiger partial charge in [-0.25, -0.2) is 21.1 Å². The summed E-state index contributed by atoms with van der Waals surface area (Å²) < 4.78 is 47.6. The predicted octanol–water partition coefficient (Wildman–Crippen LogP) is -1.08. The van der Waals surface area contributed by atoms with Crippen LogP contribution in [0.4, 0.5) is 0 Å². The summed E-state index contributed by atoms with van der Waals surface area (Å²) in [7, 11) is -6.68. The molecule has 9 heteroatoms. The summed E-state index contributed by atoms with van der Waals surface area (Å²) in [5.41, 5.74) is 0. The molecule has 1 heterocycles. The maximum absolute atomic E-state index is 11.9. The first-order chi connectivity index (χ1) is 8.72. The molecule has 1 aliphatic heterocycles. The van der Waals surface area contributed by atoms with Gasteiger partial charge >= 0.3 is 0 Å². The van der Waals surface area contributed by atoms with E-state index in [1.54, 1.807) is 13.8 Å². The molecule has 0 radical (unpaired) electrons. The number of sulfone groups is 1. The predicted molar refractivity (Wildman–Crippen MR) is 71.9 cm³/mol. The second-order valence-corrected chi connectivity index (χ2v) is 8.65. The van der Waals surface area contributed by atoms with Gasteiger partial charge < -0.3 is 4.90 Å². The van der Waals surface area contributed by atoms with Crippen molar-refractivity contribution in [1.82, 2.24) is 9.21 Å². The van der Waals surface area contributed by atoms with E-state index in [0.717, 1.165) is 0 Å². The number of sulfonamides is 1. The van der Waals surface area contributed by atoms with Gasteiger partial charge in [0.05, 0.1) is 11.5 Å². The van der Waals surface area contributed by atoms with E-state index in [1.807, 2.05) is 0 Å². The number of carbonyl (C=O) groups excluding carboxylic acids is 1. The molecule has 7 nitrogen and oxygen atoms in total. The summed E-state index contributed by atoms with van der Waals surface area (Å²) in [5.74, 6) is -1.30. The molecule has 0 aromatic carbocycles. The summed E-state index contributed by atoms with van der Waals surface area (Å²) >= 11 is 0. The maximum atomic E-state index is 11.9. The van der Waals surface area contributed by atoms with Gasteiger partial charge in [0.15, 0.2) is 9.84 Å². The Kier molecular flexibility index (Phi) is 5.34. The Balaban J connectivity index is 2.66. The molecule has 0 aromatic rings. The minimum atomic E-state index is -3.61. The van der Waals surface area contributed by atoms with E-state index in [2.05, 4.69) is 0 Å². The molecule has 0 atom stereocenters. The molecule has 1 rings (SSSR count). The zero-order chi connectivity index (χ0) is 14.7. The molecule has 1 amide bonds. The van der Waals surface area contributed by atoms with E-state index >= 15 is 0 Å². The number of amides is 1. The second kappa shape index (κ2) is 6.19. The minimum absolute atomic E-state index is 0.0783. The lowest BCUT2D eigenvalue weighted by Gasteiger charge is -2.27. The zero-order valence-corrected chi connectivity index (χ0v) is 12.8. The van der Waals surface area contributed by atoms with Crippen LogP contribution >= 0.6 is 0 Å². The van der Waals surface area contributed by atoms with Crippen molar-refractivity contribution in [1.29, 1.82) is 0 Å². The third kappa shape index (κ3) is 4.43. The van der Waals surface area contributed by atoms with Crippen molar-refractivity contribution in [2.75, 3.05) is 43.4 Å². The fourth-order valence-corrected chi connectivity index (χ4v) is 4.58. The maximum Gasteiger partial charge on any atom is 0.239 e. The molecule has 1 fully saturated rings. The molecule has 0 aliphatic carbocycles. The van der Waals surface area contributed by atoms with Crippen LogP contribution in [0.2, 0.25) is 0 Å². The van der Waals surface area contributed by atoms with Gasteiger partial charge in [-0.05, 0) is 0 Å². The van der Waals surface area contributed by atoms with Gasteiger partial charge in [0.25, 0.3) is 0 Å². The summed E-state index contributed by atoms with van der Waals surface area (Å²) in [4.78, 5) is 13.2. The Morgan fingerprint density at radius 3 is 2.05 bits per heavy atom. The van der Waals surface area contributed by atoms with E-state index in [1.165, 1.54) is 9.21 Å². The molecule has 0 N–H and O–H groups in total. The highest BCUT2D eigenvalue weighted by Gasteiger charge is 2.29. The molecule has 0 saturated carbocycles. The minimum Gasteiger partial charge on any atom is -0.340 e. The van der Waals surface area contributed by atoms with Crippen LogP contribution in [0.3, 0.4) is 0 Å². The van der Waals surface area contributed by atoms with Gasteiger partial charge in [0.1, 0.15) is 5.75 Å². The highest BCUT2D eigenvalue weighted by atomic mass is 32.2. The van der Waals surface area contributed by atoms with Gasteiger partial charge in [-0.2, -0.15) is 0 Å². The largest absolute Gasteiger partial charge is 0.340 e. The van der Waals surface area contributed by atoms with Crippen LogP contribution < -0.4 is 0 Å². The Morgan fingerprint density at radius 2 is 1.63 bits per heavy atom. The number of hydrogen-bond acceptors (Lipinski definition) is 5. The third-order valence-corrected chi connectivity index (χ3v) is 6.63. The first kappa shape index (κ1) is 16.4. The van der Waals surface area contributed by atoms with Crippen molar-refractivity contribution in [3.05, 3.63) is 0 Å². The topological polar surface area (TPSA) is 91.8 Å². The van der Waals surface area contributed by atoms with Crippen LogP contribution in [0.5, 0.6) is 0 Å². The van der Waals surface area contributed by atoms with Gasteiger partial charge in [-0.1, -0.05) is 13.8 Å². The molecule has 1 saturated heterocycles. The monoisotopic (exact) mass is 312 g/mol. The van der Waals surface area contributed by atoms with Crippen molar-refractivity contribution >= 4 is 25.8 Å². The average Bonchev–Trinajstić information content (AvgIpc) is 2.29. The summed E-state index contributed by atoms with van der Waals surface area (Å²) in [6.07, 6.45) is 0. The molecular weight excluding hydrogens is 292 g/mol. The highest BCUT2D eigenvalue weighted by molar-refractivity contribution is 7.91. The van der Waals surface area contributed by atoms with Gasteiger partial charge in [0, 0.05) is 26.2 Å². The van der Waals surface area contributed by atoms with Crippen LogP contribution in [0, 0.1) is 0 Å². The summed E-state index contributed by atoms with van der Waals surface area (Å²) in [6.45, 7) is 4.21. The lowest BCUT2D eigenvalue weighted by molar-refractivity contribution is -0.128. The molecule has 0 bridgehead atoms. The first-order valence-corrected chi connectivity index (χ1v) is 9.61. The molecular formula is C10H20N2O5S2. The second-order valence-electron chi connectivity index (χ2n) is 4.37. The van der Waals surface area contributed by atoms with Crippen LogP contribution in [0.25, 0.3) is 0 Å². The average molecular weight is 312 g/mol. The normalized spacial score (nSPS) is 19.6. The third-order valence-electron chi connectivity index (χ3n) is 3.10. The Hall–Kier alpha value is -0.670. The molecule has 0 aromatic heterocycles. The Labute approximate surface area is 114 Å². The van der Waals surface area contributed by atoms with Crippen molar-refractivity contribution < 1.29 is 21.6 Å². The van der Waals surface area contributed by atoms with E-state index in [9.17, 15) is 21.6 Å². The van der Waals surface area contributed by atoms with Crippen molar-refractivity contribution in [3.8, 4) is 0 Å². The van der Waals surface area contributed by atoms with Crippen molar-refractivity contribution in [2.45, 2.75) is 13.8 Å². The van der Waals surface area contributed by atoms with Gasteiger partial charge in [0.2, 0.25) is 15.9 Å². The Bertz CT molecular complexity index is 508. The molecule has 1 aliphatic rings. The highest BCUT2D eigenvalue weighted by Crippen LogP contribution is 2.07. The fraction of sp³-hybridized carbons (Fsp3) is 0.900. The fourth-order valence-electron chi connectivity index (χ4n) is 1.92. The number of nitrogens with zero attached hydrogens (tertiary/aromatic N) is 2. The van der Waals surface area contributed by atoms with Gasteiger partial charge in [-0.3, -0.25) is 4.79 Å². The lowest BCUT2D eigenvalue weighted by Crippen LogP contribution is -2.47. The van der Waals surface area contributed by atoms with Crippen LogP contribution in [0.15, 0.2) is 0 Å². The zero-order valence-electron chi connectivity index (χ0n) is 11.2. The van der Waals surface area contributed by atoms with Gasteiger partial charge in [-0.15, -0.1) is 0 Å². The summed E-state index contributed by atoms with van der Waals surface area (Å²) in [6, 6.07) is 0. The van der Waals surface area contributed by atoms with Crippen LogP contribution in [-0.4, -0.2) is 75.4 Å². The smallest absolute Gasteiger partial charge is 0.239 e. The van der Waals surface area contributed by atoms with Crippen molar-refractivity contribution in [2.24, 2.45) is 0 Å². The number of rotatable bonds is 5. The molecule has 0 spiro atoms. The number of carbonyl (C=O) groups is 1. The van der Waals surface area contributed by atoms with E-state index in [0.29, 0.717) is 13.1 Å². The van der Waals surface area contributed by atoms with E-state index in [-0.39, 0.29) is 24.6 Å². The number of hydrogen-bond donors (Lipinski definition) is 0. The quantitative estimate of drug-likeness (QED) is 0.643. The molecule has 0 unspecified atom stereocenters. The van der Waals surface area contributed by atoms with E-state index < -0.39 is 31.5 Å². The molecule has 19 heavy (non-hydrogen) atoms. The Morgan fingerprint density at radius 1 is 1.16 bits per heavy atom. The van der Waals surface area contributed by atoms with Crippen LogP contribution in [0.1, 0.15) is 13.8 Å². The van der Waals surface area contributed by atoms with Crippen molar-refractivity contribution in [3.63, 3.8) is 0 Å². The lowest BCUT2D eigenvalue weighted by atomic mass is 10.5. The SMILES string of the molecule is CCN(CC)S(=O)(=O)CC(=O)N1CCS(=O)(=O)CC1. The standard InChI is InChI=1S/C10H20N2O5S2/c1-3-12(4-2)19(16,17)9-10(13)11-5-7-18(14,15)8-6-11/h3-9H2,1-2H3. The van der Waals surface area contributed by atoms with E-state index in [4.69, 9.17) is 0 Å². The first-order valence-electron chi connectivity index (χ1n) is 6.18. The van der Waals surface area contributed by atoms with Crippen LogP contribution in [-0.2, 0) is 24.7 Å².